The van der Waals surface area contributed by atoms with E-state index >= 15 is 0 Å². The smallest absolute Gasteiger partial charge is 0.161 e. The Labute approximate surface area is 133 Å². The maximum absolute atomic E-state index is 5.42. The molecule has 1 unspecified atom stereocenters. The van der Waals surface area contributed by atoms with Gasteiger partial charge in [-0.1, -0.05) is 6.07 Å². The molecule has 0 radical (unpaired) electrons. The molecule has 4 heteroatoms. The lowest BCUT2D eigenvalue weighted by molar-refractivity contribution is 0.0600. The monoisotopic (exact) mass is 304 g/mol. The van der Waals surface area contributed by atoms with Gasteiger partial charge in [0.2, 0.25) is 0 Å². The van der Waals surface area contributed by atoms with Crippen LogP contribution >= 0.6 is 0 Å². The first-order valence-electron chi connectivity index (χ1n) is 8.39. The number of nitrogens with one attached hydrogen (secondary N) is 1. The van der Waals surface area contributed by atoms with Gasteiger partial charge < -0.3 is 14.8 Å². The molecule has 122 valence electrons. The van der Waals surface area contributed by atoms with E-state index in [9.17, 15) is 0 Å². The van der Waals surface area contributed by atoms with Gasteiger partial charge in [0.1, 0.15) is 0 Å². The first kappa shape index (κ1) is 15.6. The average molecular weight is 304 g/mol. The lowest BCUT2D eigenvalue weighted by Crippen LogP contribution is -2.50. The van der Waals surface area contributed by atoms with Crippen molar-refractivity contribution in [2.45, 2.75) is 32.2 Å². The quantitative estimate of drug-likeness (QED) is 0.927. The molecule has 2 aliphatic rings. The summed E-state index contributed by atoms with van der Waals surface area (Å²) in [7, 11) is 3.38. The van der Waals surface area contributed by atoms with E-state index in [1.54, 1.807) is 14.2 Å². The second-order valence-corrected chi connectivity index (χ2v) is 6.78. The maximum Gasteiger partial charge on any atom is 0.161 e. The Bertz CT molecular complexity index is 492. The zero-order valence-corrected chi connectivity index (χ0v) is 13.9. The van der Waals surface area contributed by atoms with Gasteiger partial charge in [-0.25, -0.2) is 0 Å². The molecule has 2 saturated heterocycles. The predicted molar refractivity (Wildman–Crippen MR) is 88.6 cm³/mol. The SMILES string of the molecule is COc1ccc(CN2CCCC3(CCCNC3)C2)cc1OC. The molecule has 2 fully saturated rings. The Morgan fingerprint density at radius 3 is 2.68 bits per heavy atom. The van der Waals surface area contributed by atoms with Crippen molar-refractivity contribution < 1.29 is 9.47 Å². The summed E-state index contributed by atoms with van der Waals surface area (Å²) in [6.45, 7) is 5.80. The number of benzene rings is 1. The van der Waals surface area contributed by atoms with Crippen LogP contribution in [-0.4, -0.2) is 45.3 Å². The molecule has 2 heterocycles. The summed E-state index contributed by atoms with van der Waals surface area (Å²) >= 11 is 0. The maximum atomic E-state index is 5.42. The van der Waals surface area contributed by atoms with Crippen molar-refractivity contribution in [3.05, 3.63) is 23.8 Å². The van der Waals surface area contributed by atoms with Crippen molar-refractivity contribution in [2.75, 3.05) is 40.4 Å². The molecule has 1 aromatic carbocycles. The normalized spacial score (nSPS) is 26.1. The highest BCUT2D eigenvalue weighted by atomic mass is 16.5. The third-order valence-corrected chi connectivity index (χ3v) is 5.16. The van der Waals surface area contributed by atoms with Gasteiger partial charge in [-0.2, -0.15) is 0 Å². The predicted octanol–water partition coefficient (Wildman–Crippen LogP) is 2.67. The van der Waals surface area contributed by atoms with E-state index in [2.05, 4.69) is 22.3 Å². The van der Waals surface area contributed by atoms with Crippen LogP contribution in [0.15, 0.2) is 18.2 Å². The van der Waals surface area contributed by atoms with E-state index < -0.39 is 0 Å². The molecule has 0 saturated carbocycles. The summed E-state index contributed by atoms with van der Waals surface area (Å²) in [6.07, 6.45) is 5.39. The van der Waals surface area contributed by atoms with Crippen molar-refractivity contribution in [1.82, 2.24) is 10.2 Å². The van der Waals surface area contributed by atoms with Gasteiger partial charge in [-0.15, -0.1) is 0 Å². The average Bonchev–Trinajstić information content (AvgIpc) is 2.55. The van der Waals surface area contributed by atoms with Crippen molar-refractivity contribution in [3.8, 4) is 11.5 Å². The highest BCUT2D eigenvalue weighted by Crippen LogP contribution is 2.36. The third kappa shape index (κ3) is 3.39. The summed E-state index contributed by atoms with van der Waals surface area (Å²) in [5.74, 6) is 1.63. The molecule has 22 heavy (non-hydrogen) atoms. The molecule has 2 aliphatic heterocycles. The van der Waals surface area contributed by atoms with Gasteiger partial charge in [0.05, 0.1) is 14.2 Å². The van der Waals surface area contributed by atoms with Gasteiger partial charge in [0.15, 0.2) is 11.5 Å². The van der Waals surface area contributed by atoms with E-state index in [0.29, 0.717) is 5.41 Å². The van der Waals surface area contributed by atoms with Gasteiger partial charge >= 0.3 is 0 Å². The standard InChI is InChI=1S/C18H28N2O2/c1-21-16-6-5-15(11-17(16)22-2)12-20-10-4-8-18(14-20)7-3-9-19-13-18/h5-6,11,19H,3-4,7-10,12-14H2,1-2H3. The molecular formula is C18H28N2O2. The van der Waals surface area contributed by atoms with Crippen LogP contribution in [0.3, 0.4) is 0 Å². The van der Waals surface area contributed by atoms with E-state index in [0.717, 1.165) is 18.0 Å². The van der Waals surface area contributed by atoms with Gasteiger partial charge in [0.25, 0.3) is 0 Å². The van der Waals surface area contributed by atoms with Gasteiger partial charge in [-0.3, -0.25) is 4.90 Å². The Hall–Kier alpha value is -1.26. The van der Waals surface area contributed by atoms with Crippen molar-refractivity contribution in [1.29, 1.82) is 0 Å². The molecule has 4 nitrogen and oxygen atoms in total. The molecule has 3 rings (SSSR count). The molecule has 0 amide bonds. The lowest BCUT2D eigenvalue weighted by Gasteiger charge is -2.45. The van der Waals surface area contributed by atoms with Gasteiger partial charge in [0, 0.05) is 19.6 Å². The highest BCUT2D eigenvalue weighted by Gasteiger charge is 2.36. The van der Waals surface area contributed by atoms with Crippen LogP contribution in [0.2, 0.25) is 0 Å². The minimum atomic E-state index is 0.507. The minimum Gasteiger partial charge on any atom is -0.493 e. The number of rotatable bonds is 4. The van der Waals surface area contributed by atoms with E-state index in [4.69, 9.17) is 9.47 Å². The number of methoxy groups -OCH3 is 2. The third-order valence-electron chi connectivity index (χ3n) is 5.16. The summed E-state index contributed by atoms with van der Waals surface area (Å²) in [5.41, 5.74) is 1.81. The van der Waals surface area contributed by atoms with Crippen LogP contribution in [0.4, 0.5) is 0 Å². The number of nitrogens with zero attached hydrogens (tertiary/aromatic N) is 1. The van der Waals surface area contributed by atoms with Crippen molar-refractivity contribution >= 4 is 0 Å². The molecule has 1 spiro atoms. The zero-order chi connectivity index (χ0) is 15.4. The number of piperidine rings is 2. The fraction of sp³-hybridized carbons (Fsp3) is 0.667. The van der Waals surface area contributed by atoms with E-state index in [1.807, 2.05) is 6.07 Å². The zero-order valence-electron chi connectivity index (χ0n) is 13.9. The molecule has 1 atom stereocenters. The summed E-state index contributed by atoms with van der Waals surface area (Å²) in [5, 5.41) is 3.60. The number of likely N-dealkylation sites (tertiary alicyclic amines) is 1. The summed E-state index contributed by atoms with van der Waals surface area (Å²) < 4.78 is 10.7. The Morgan fingerprint density at radius 2 is 1.95 bits per heavy atom. The van der Waals surface area contributed by atoms with Crippen LogP contribution in [-0.2, 0) is 6.54 Å². The molecule has 1 aromatic rings. The van der Waals surface area contributed by atoms with Gasteiger partial charge in [-0.05, 0) is 61.9 Å². The molecular weight excluding hydrogens is 276 g/mol. The summed E-state index contributed by atoms with van der Waals surface area (Å²) in [6, 6.07) is 6.27. The Kier molecular flexibility index (Phi) is 4.89. The lowest BCUT2D eigenvalue weighted by atomic mass is 9.74. The topological polar surface area (TPSA) is 33.7 Å². The van der Waals surface area contributed by atoms with Crippen molar-refractivity contribution in [3.63, 3.8) is 0 Å². The van der Waals surface area contributed by atoms with Crippen molar-refractivity contribution in [2.24, 2.45) is 5.41 Å². The van der Waals surface area contributed by atoms with Crippen LogP contribution in [0.5, 0.6) is 11.5 Å². The summed E-state index contributed by atoms with van der Waals surface area (Å²) in [4.78, 5) is 2.61. The number of hydrogen-bond donors (Lipinski definition) is 1. The number of ether oxygens (including phenoxy) is 2. The fourth-order valence-electron chi connectivity index (χ4n) is 4.06. The first-order chi connectivity index (χ1) is 10.7. The first-order valence-corrected chi connectivity index (χ1v) is 8.39. The molecule has 0 aliphatic carbocycles. The van der Waals surface area contributed by atoms with Crippen LogP contribution < -0.4 is 14.8 Å². The van der Waals surface area contributed by atoms with E-state index in [-0.39, 0.29) is 0 Å². The second kappa shape index (κ2) is 6.88. The largest absolute Gasteiger partial charge is 0.493 e. The molecule has 1 N–H and O–H groups in total. The Morgan fingerprint density at radius 1 is 1.14 bits per heavy atom. The molecule has 0 bridgehead atoms. The van der Waals surface area contributed by atoms with Crippen LogP contribution in [0.25, 0.3) is 0 Å². The van der Waals surface area contributed by atoms with Crippen LogP contribution in [0, 0.1) is 5.41 Å². The minimum absolute atomic E-state index is 0.507. The number of hydrogen-bond acceptors (Lipinski definition) is 4. The Balaban J connectivity index is 1.67. The van der Waals surface area contributed by atoms with Crippen LogP contribution in [0.1, 0.15) is 31.2 Å². The second-order valence-electron chi connectivity index (χ2n) is 6.78. The molecule has 0 aromatic heterocycles. The fourth-order valence-corrected chi connectivity index (χ4v) is 4.06. The van der Waals surface area contributed by atoms with E-state index in [1.165, 1.54) is 57.4 Å². The highest BCUT2D eigenvalue weighted by molar-refractivity contribution is 5.42.